The minimum atomic E-state index is -0.535. The number of primary amides is 1. The second-order valence-electron chi connectivity index (χ2n) is 6.14. The maximum atomic E-state index is 11.9. The molecule has 1 fully saturated rings. The normalized spacial score (nSPS) is 31.1. The maximum absolute atomic E-state index is 11.9. The first-order valence-corrected chi connectivity index (χ1v) is 7.11. The van der Waals surface area contributed by atoms with Crippen LogP contribution >= 0.6 is 0 Å². The van der Waals surface area contributed by atoms with Crippen LogP contribution in [0.4, 0.5) is 0 Å². The highest BCUT2D eigenvalue weighted by Crippen LogP contribution is 2.36. The second kappa shape index (κ2) is 5.74. The molecule has 0 aliphatic heterocycles. The molecule has 1 amide bonds. The molecule has 1 aromatic rings. The van der Waals surface area contributed by atoms with Crippen LogP contribution in [0.1, 0.15) is 38.7 Å². The van der Waals surface area contributed by atoms with Gasteiger partial charge in [-0.3, -0.25) is 10.1 Å². The van der Waals surface area contributed by atoms with Crippen LogP contribution < -0.4 is 11.1 Å². The molecule has 0 spiro atoms. The van der Waals surface area contributed by atoms with Crippen molar-refractivity contribution in [3.8, 4) is 0 Å². The van der Waals surface area contributed by atoms with Crippen molar-refractivity contribution in [1.29, 1.82) is 0 Å². The SMILES string of the molecule is CC1CC(C)CC(NCc2ccccc2)(C(N)=O)C1. The summed E-state index contributed by atoms with van der Waals surface area (Å²) in [5, 5.41) is 3.44. The Bertz CT molecular complexity index is 420. The molecule has 3 heteroatoms. The minimum Gasteiger partial charge on any atom is -0.368 e. The molecule has 3 nitrogen and oxygen atoms in total. The van der Waals surface area contributed by atoms with Gasteiger partial charge in [0, 0.05) is 6.54 Å². The monoisotopic (exact) mass is 260 g/mol. The number of rotatable bonds is 4. The molecular weight excluding hydrogens is 236 g/mol. The van der Waals surface area contributed by atoms with E-state index in [4.69, 9.17) is 5.73 Å². The molecule has 0 heterocycles. The predicted octanol–water partition coefficient (Wildman–Crippen LogP) is 2.46. The Labute approximate surface area is 115 Å². The van der Waals surface area contributed by atoms with Gasteiger partial charge in [-0.05, 0) is 36.7 Å². The fourth-order valence-corrected chi connectivity index (χ4v) is 3.43. The topological polar surface area (TPSA) is 55.1 Å². The quantitative estimate of drug-likeness (QED) is 0.873. The summed E-state index contributed by atoms with van der Waals surface area (Å²) in [7, 11) is 0. The molecule has 1 aromatic carbocycles. The van der Waals surface area contributed by atoms with E-state index >= 15 is 0 Å². The number of benzene rings is 1. The van der Waals surface area contributed by atoms with Gasteiger partial charge in [-0.25, -0.2) is 0 Å². The van der Waals surface area contributed by atoms with Gasteiger partial charge in [0.25, 0.3) is 0 Å². The minimum absolute atomic E-state index is 0.207. The molecule has 2 rings (SSSR count). The highest BCUT2D eigenvalue weighted by molar-refractivity contribution is 5.84. The van der Waals surface area contributed by atoms with Crippen molar-refractivity contribution in [3.63, 3.8) is 0 Å². The molecular formula is C16H24N2O. The van der Waals surface area contributed by atoms with Gasteiger partial charge < -0.3 is 5.73 Å². The predicted molar refractivity (Wildman–Crippen MR) is 77.4 cm³/mol. The molecule has 0 bridgehead atoms. The van der Waals surface area contributed by atoms with Gasteiger partial charge >= 0.3 is 0 Å². The third-order valence-electron chi connectivity index (χ3n) is 4.14. The van der Waals surface area contributed by atoms with Crippen LogP contribution in [0.5, 0.6) is 0 Å². The van der Waals surface area contributed by atoms with Gasteiger partial charge in [0.1, 0.15) is 0 Å². The first-order valence-electron chi connectivity index (χ1n) is 7.11. The average Bonchev–Trinajstić information content (AvgIpc) is 2.36. The van der Waals surface area contributed by atoms with Crippen molar-refractivity contribution in [3.05, 3.63) is 35.9 Å². The molecule has 104 valence electrons. The number of hydrogen-bond acceptors (Lipinski definition) is 2. The van der Waals surface area contributed by atoms with Crippen LogP contribution in [-0.4, -0.2) is 11.4 Å². The number of nitrogens with one attached hydrogen (secondary N) is 1. The van der Waals surface area contributed by atoms with Crippen LogP contribution in [0.25, 0.3) is 0 Å². The first-order chi connectivity index (χ1) is 9.02. The van der Waals surface area contributed by atoms with Crippen molar-refractivity contribution in [1.82, 2.24) is 5.32 Å². The molecule has 1 aliphatic rings. The first kappa shape index (κ1) is 14.1. The fraction of sp³-hybridized carbons (Fsp3) is 0.562. The molecule has 0 saturated heterocycles. The lowest BCUT2D eigenvalue weighted by molar-refractivity contribution is -0.127. The Balaban J connectivity index is 2.09. The Kier molecular flexibility index (Phi) is 4.25. The van der Waals surface area contributed by atoms with Crippen molar-refractivity contribution >= 4 is 5.91 Å². The van der Waals surface area contributed by atoms with Crippen molar-refractivity contribution in [2.24, 2.45) is 17.6 Å². The van der Waals surface area contributed by atoms with Gasteiger partial charge in [0.15, 0.2) is 0 Å². The van der Waals surface area contributed by atoms with Gasteiger partial charge in [-0.15, -0.1) is 0 Å². The molecule has 19 heavy (non-hydrogen) atoms. The third kappa shape index (κ3) is 3.35. The summed E-state index contributed by atoms with van der Waals surface area (Å²) in [5.74, 6) is 0.876. The summed E-state index contributed by atoms with van der Waals surface area (Å²) in [6.45, 7) is 5.11. The highest BCUT2D eigenvalue weighted by atomic mass is 16.1. The molecule has 2 atom stereocenters. The average molecular weight is 260 g/mol. The molecule has 2 unspecified atom stereocenters. The van der Waals surface area contributed by atoms with Crippen LogP contribution in [0.3, 0.4) is 0 Å². The fourth-order valence-electron chi connectivity index (χ4n) is 3.43. The standard InChI is InChI=1S/C16H24N2O/c1-12-8-13(2)10-16(9-12,15(17)19)18-11-14-6-4-3-5-7-14/h3-7,12-13,18H,8-11H2,1-2H3,(H2,17,19). The summed E-state index contributed by atoms with van der Waals surface area (Å²) in [4.78, 5) is 11.9. The van der Waals surface area contributed by atoms with Gasteiger partial charge in [-0.1, -0.05) is 44.2 Å². The number of amides is 1. The van der Waals surface area contributed by atoms with E-state index in [9.17, 15) is 4.79 Å². The van der Waals surface area contributed by atoms with Crippen LogP contribution in [0.2, 0.25) is 0 Å². The zero-order chi connectivity index (χ0) is 13.9. The van der Waals surface area contributed by atoms with E-state index in [0.29, 0.717) is 18.4 Å². The third-order valence-corrected chi connectivity index (χ3v) is 4.14. The lowest BCUT2D eigenvalue weighted by Crippen LogP contribution is -2.58. The summed E-state index contributed by atoms with van der Waals surface area (Å²) in [6.07, 6.45) is 2.88. The van der Waals surface area contributed by atoms with Crippen LogP contribution in [0.15, 0.2) is 30.3 Å². The van der Waals surface area contributed by atoms with E-state index in [-0.39, 0.29) is 5.91 Å². The number of hydrogen-bond donors (Lipinski definition) is 2. The summed E-state index contributed by atoms with van der Waals surface area (Å²) in [6, 6.07) is 10.2. The number of nitrogens with two attached hydrogens (primary N) is 1. The van der Waals surface area contributed by atoms with Crippen molar-refractivity contribution < 1.29 is 4.79 Å². The van der Waals surface area contributed by atoms with Gasteiger partial charge in [0.2, 0.25) is 5.91 Å². The lowest BCUT2D eigenvalue weighted by Gasteiger charge is -2.41. The van der Waals surface area contributed by atoms with E-state index in [2.05, 4.69) is 31.3 Å². The van der Waals surface area contributed by atoms with E-state index in [0.717, 1.165) is 12.8 Å². The Morgan fingerprint density at radius 2 is 1.84 bits per heavy atom. The zero-order valence-electron chi connectivity index (χ0n) is 11.9. The maximum Gasteiger partial charge on any atom is 0.237 e. The highest BCUT2D eigenvalue weighted by Gasteiger charge is 2.42. The lowest BCUT2D eigenvalue weighted by atomic mass is 9.71. The zero-order valence-corrected chi connectivity index (χ0v) is 11.9. The Morgan fingerprint density at radius 1 is 1.26 bits per heavy atom. The van der Waals surface area contributed by atoms with Crippen molar-refractivity contribution in [2.75, 3.05) is 0 Å². The van der Waals surface area contributed by atoms with Crippen LogP contribution in [0, 0.1) is 11.8 Å². The molecule has 0 radical (unpaired) electrons. The summed E-state index contributed by atoms with van der Waals surface area (Å²) in [5.41, 5.74) is 6.34. The molecule has 1 aliphatic carbocycles. The molecule has 1 saturated carbocycles. The molecule has 0 aromatic heterocycles. The molecule has 3 N–H and O–H groups in total. The number of carbonyl (C=O) groups is 1. The van der Waals surface area contributed by atoms with E-state index in [1.807, 2.05) is 18.2 Å². The largest absolute Gasteiger partial charge is 0.368 e. The van der Waals surface area contributed by atoms with Crippen LogP contribution in [-0.2, 0) is 11.3 Å². The van der Waals surface area contributed by atoms with Crippen molar-refractivity contribution in [2.45, 2.75) is 45.2 Å². The van der Waals surface area contributed by atoms with E-state index in [1.54, 1.807) is 0 Å². The van der Waals surface area contributed by atoms with Gasteiger partial charge in [0.05, 0.1) is 5.54 Å². The Hall–Kier alpha value is -1.35. The second-order valence-corrected chi connectivity index (χ2v) is 6.14. The van der Waals surface area contributed by atoms with E-state index in [1.165, 1.54) is 12.0 Å². The summed E-state index contributed by atoms with van der Waals surface area (Å²) < 4.78 is 0. The Morgan fingerprint density at radius 3 is 2.37 bits per heavy atom. The summed E-state index contributed by atoms with van der Waals surface area (Å²) >= 11 is 0. The number of carbonyl (C=O) groups excluding carboxylic acids is 1. The smallest absolute Gasteiger partial charge is 0.237 e. The van der Waals surface area contributed by atoms with Gasteiger partial charge in [-0.2, -0.15) is 0 Å². The van der Waals surface area contributed by atoms with E-state index < -0.39 is 5.54 Å².